The molecule has 19 heavy (non-hydrogen) atoms. The first kappa shape index (κ1) is 13.5. The Balaban J connectivity index is 1.96. The number of benzene rings is 1. The summed E-state index contributed by atoms with van der Waals surface area (Å²) in [4.78, 5) is 14.9. The van der Waals surface area contributed by atoms with Gasteiger partial charge in [-0.05, 0) is 12.1 Å². The fraction of sp³-hybridized carbons (Fsp3) is 0.167. The lowest BCUT2D eigenvalue weighted by Gasteiger charge is -2.02. The first-order valence-corrected chi connectivity index (χ1v) is 6.08. The molecule has 0 amide bonds. The Morgan fingerprint density at radius 2 is 1.95 bits per heavy atom. The highest BCUT2D eigenvalue weighted by Crippen LogP contribution is 2.30. The quantitative estimate of drug-likeness (QED) is 0.811. The summed E-state index contributed by atoms with van der Waals surface area (Å²) in [7, 11) is 0. The second kappa shape index (κ2) is 5.40. The molecule has 2 aromatic rings. The molecule has 0 aliphatic heterocycles. The fourth-order valence-corrected chi connectivity index (χ4v) is 2.00. The molecule has 0 unspecified atom stereocenters. The lowest BCUT2D eigenvalue weighted by Crippen LogP contribution is -2.07. The van der Waals surface area contributed by atoms with Crippen LogP contribution in [-0.2, 0) is 17.5 Å². The number of rotatable bonds is 3. The summed E-state index contributed by atoms with van der Waals surface area (Å²) in [5.74, 6) is -0.593. The predicted molar refractivity (Wildman–Crippen MR) is 62.7 cm³/mol. The van der Waals surface area contributed by atoms with Crippen LogP contribution in [0.2, 0.25) is 0 Å². The Bertz CT molecular complexity index is 566. The van der Waals surface area contributed by atoms with E-state index in [1.807, 2.05) is 0 Å². The van der Waals surface area contributed by atoms with E-state index in [4.69, 9.17) is 4.74 Å². The second-order valence-electron chi connectivity index (χ2n) is 3.57. The zero-order valence-electron chi connectivity index (χ0n) is 9.48. The Morgan fingerprint density at radius 1 is 1.26 bits per heavy atom. The number of thiazole rings is 1. The molecule has 0 atom stereocenters. The minimum atomic E-state index is -4.47. The first-order chi connectivity index (χ1) is 8.97. The SMILES string of the molecule is O=C(OCc1nc(C(F)(F)F)cs1)c1ccccc1. The van der Waals surface area contributed by atoms with Gasteiger partial charge < -0.3 is 4.74 Å². The molecule has 1 heterocycles. The van der Waals surface area contributed by atoms with Crippen molar-refractivity contribution in [1.82, 2.24) is 4.98 Å². The first-order valence-electron chi connectivity index (χ1n) is 5.20. The van der Waals surface area contributed by atoms with E-state index in [0.717, 1.165) is 16.7 Å². The van der Waals surface area contributed by atoms with Crippen LogP contribution in [0.15, 0.2) is 35.7 Å². The van der Waals surface area contributed by atoms with Gasteiger partial charge in [0.2, 0.25) is 0 Å². The van der Waals surface area contributed by atoms with Crippen molar-refractivity contribution in [1.29, 1.82) is 0 Å². The summed E-state index contributed by atoms with van der Waals surface area (Å²) in [6.45, 7) is -0.269. The van der Waals surface area contributed by atoms with Crippen LogP contribution >= 0.6 is 11.3 Å². The minimum absolute atomic E-state index is 0.108. The van der Waals surface area contributed by atoms with Crippen LogP contribution in [0.4, 0.5) is 13.2 Å². The maximum absolute atomic E-state index is 12.3. The standard InChI is InChI=1S/C12H8F3NO2S/c13-12(14,15)9-7-19-10(16-9)6-18-11(17)8-4-2-1-3-5-8/h1-5,7H,6H2. The number of carbonyl (C=O) groups excluding carboxylic acids is 1. The van der Waals surface area contributed by atoms with Crippen molar-refractivity contribution >= 4 is 17.3 Å². The Labute approximate surface area is 110 Å². The third-order valence-electron chi connectivity index (χ3n) is 2.18. The molecule has 0 aliphatic rings. The van der Waals surface area contributed by atoms with Crippen LogP contribution in [0.1, 0.15) is 21.1 Å². The van der Waals surface area contributed by atoms with Crippen LogP contribution in [0.3, 0.4) is 0 Å². The average Bonchev–Trinajstić information content (AvgIpc) is 2.86. The molecule has 7 heteroatoms. The predicted octanol–water partition coefficient (Wildman–Crippen LogP) is 3.52. The number of ether oxygens (including phenoxy) is 1. The van der Waals surface area contributed by atoms with Crippen molar-refractivity contribution in [3.8, 4) is 0 Å². The highest BCUT2D eigenvalue weighted by Gasteiger charge is 2.33. The highest BCUT2D eigenvalue weighted by molar-refractivity contribution is 7.09. The zero-order valence-corrected chi connectivity index (χ0v) is 10.3. The average molecular weight is 287 g/mol. The third-order valence-corrected chi connectivity index (χ3v) is 3.00. The summed E-state index contributed by atoms with van der Waals surface area (Å²) >= 11 is 0.805. The maximum atomic E-state index is 12.3. The van der Waals surface area contributed by atoms with Gasteiger partial charge in [0.15, 0.2) is 5.69 Å². The number of aromatic nitrogens is 1. The largest absolute Gasteiger partial charge is 0.455 e. The van der Waals surface area contributed by atoms with Gasteiger partial charge in [0.25, 0.3) is 0 Å². The Hall–Kier alpha value is -1.89. The number of esters is 1. The molecular weight excluding hydrogens is 279 g/mol. The van der Waals surface area contributed by atoms with E-state index in [-0.39, 0.29) is 11.6 Å². The highest BCUT2D eigenvalue weighted by atomic mass is 32.1. The van der Waals surface area contributed by atoms with E-state index in [1.165, 1.54) is 0 Å². The van der Waals surface area contributed by atoms with E-state index in [2.05, 4.69) is 4.98 Å². The van der Waals surface area contributed by atoms with Crippen LogP contribution in [0, 0.1) is 0 Å². The molecule has 0 spiro atoms. The van der Waals surface area contributed by atoms with Gasteiger partial charge in [0, 0.05) is 5.38 Å². The van der Waals surface area contributed by atoms with E-state index in [1.54, 1.807) is 30.3 Å². The second-order valence-corrected chi connectivity index (χ2v) is 4.51. The Kier molecular flexibility index (Phi) is 3.84. The van der Waals surface area contributed by atoms with Gasteiger partial charge >= 0.3 is 12.1 Å². The van der Waals surface area contributed by atoms with E-state index in [0.29, 0.717) is 5.56 Å². The van der Waals surface area contributed by atoms with E-state index >= 15 is 0 Å². The topological polar surface area (TPSA) is 39.2 Å². The minimum Gasteiger partial charge on any atom is -0.455 e. The molecule has 0 N–H and O–H groups in total. The van der Waals surface area contributed by atoms with Crippen LogP contribution in [0.5, 0.6) is 0 Å². The number of halogens is 3. The molecule has 0 radical (unpaired) electrons. The molecule has 0 fully saturated rings. The van der Waals surface area contributed by atoms with Crippen LogP contribution < -0.4 is 0 Å². The number of carbonyl (C=O) groups is 1. The molecule has 1 aromatic heterocycles. The summed E-state index contributed by atoms with van der Waals surface area (Å²) in [5.41, 5.74) is -0.627. The van der Waals surface area contributed by atoms with Gasteiger partial charge in [-0.3, -0.25) is 0 Å². The molecule has 100 valence electrons. The molecule has 2 rings (SSSR count). The monoisotopic (exact) mass is 287 g/mol. The van der Waals surface area contributed by atoms with Crippen molar-refractivity contribution in [3.05, 3.63) is 52.0 Å². The van der Waals surface area contributed by atoms with E-state index < -0.39 is 17.8 Å². The van der Waals surface area contributed by atoms with Crippen molar-refractivity contribution in [2.75, 3.05) is 0 Å². The van der Waals surface area contributed by atoms with Gasteiger partial charge in [-0.15, -0.1) is 11.3 Å². The normalized spacial score (nSPS) is 11.3. The van der Waals surface area contributed by atoms with Crippen molar-refractivity contribution in [2.24, 2.45) is 0 Å². The zero-order chi connectivity index (χ0) is 13.9. The summed E-state index contributed by atoms with van der Waals surface area (Å²) < 4.78 is 41.8. The molecule has 0 saturated heterocycles. The number of alkyl halides is 3. The molecular formula is C12H8F3NO2S. The van der Waals surface area contributed by atoms with Crippen molar-refractivity contribution < 1.29 is 22.7 Å². The summed E-state index contributed by atoms with van der Waals surface area (Å²) in [6.07, 6.45) is -4.47. The van der Waals surface area contributed by atoms with Gasteiger partial charge in [0.05, 0.1) is 5.56 Å². The van der Waals surface area contributed by atoms with E-state index in [9.17, 15) is 18.0 Å². The maximum Gasteiger partial charge on any atom is 0.434 e. The van der Waals surface area contributed by atoms with Gasteiger partial charge in [0.1, 0.15) is 11.6 Å². The third kappa shape index (κ3) is 3.54. The molecule has 0 bridgehead atoms. The lowest BCUT2D eigenvalue weighted by atomic mass is 10.2. The molecule has 3 nitrogen and oxygen atoms in total. The van der Waals surface area contributed by atoms with Crippen LogP contribution in [-0.4, -0.2) is 11.0 Å². The number of nitrogens with zero attached hydrogens (tertiary/aromatic N) is 1. The van der Waals surface area contributed by atoms with Crippen molar-refractivity contribution in [2.45, 2.75) is 12.8 Å². The van der Waals surface area contributed by atoms with Gasteiger partial charge in [-0.25, -0.2) is 9.78 Å². The number of hydrogen-bond donors (Lipinski definition) is 0. The summed E-state index contributed by atoms with van der Waals surface area (Å²) in [5, 5.41) is 1.00. The van der Waals surface area contributed by atoms with Gasteiger partial charge in [-0.2, -0.15) is 13.2 Å². The Morgan fingerprint density at radius 3 is 2.53 bits per heavy atom. The number of hydrogen-bond acceptors (Lipinski definition) is 4. The van der Waals surface area contributed by atoms with Crippen molar-refractivity contribution in [3.63, 3.8) is 0 Å². The van der Waals surface area contributed by atoms with Crippen LogP contribution in [0.25, 0.3) is 0 Å². The smallest absolute Gasteiger partial charge is 0.434 e. The van der Waals surface area contributed by atoms with Gasteiger partial charge in [-0.1, -0.05) is 18.2 Å². The lowest BCUT2D eigenvalue weighted by molar-refractivity contribution is -0.140. The molecule has 0 aliphatic carbocycles. The fourth-order valence-electron chi connectivity index (χ4n) is 1.29. The molecule has 1 aromatic carbocycles. The summed E-state index contributed by atoms with van der Waals surface area (Å²) in [6, 6.07) is 8.20. The molecule has 0 saturated carbocycles.